The summed E-state index contributed by atoms with van der Waals surface area (Å²) in [5, 5.41) is 3.34. The molecular formula is C14H27NO2S. The Hall–Kier alpha value is -0.350. The Kier molecular flexibility index (Phi) is 5.01. The highest BCUT2D eigenvalue weighted by molar-refractivity contribution is 7.92. The second kappa shape index (κ2) is 5.74. The van der Waals surface area contributed by atoms with Gasteiger partial charge in [0.2, 0.25) is 0 Å². The van der Waals surface area contributed by atoms with Crippen molar-refractivity contribution in [1.29, 1.82) is 0 Å². The minimum Gasteiger partial charge on any atom is -0.315 e. The van der Waals surface area contributed by atoms with Crippen molar-refractivity contribution >= 4 is 9.84 Å². The summed E-state index contributed by atoms with van der Waals surface area (Å²) >= 11 is 0. The van der Waals surface area contributed by atoms with Crippen molar-refractivity contribution in [2.24, 2.45) is 11.8 Å². The predicted molar refractivity (Wildman–Crippen MR) is 77.4 cm³/mol. The summed E-state index contributed by atoms with van der Waals surface area (Å²) in [6.45, 7) is 9.42. The molecule has 0 saturated carbocycles. The van der Waals surface area contributed by atoms with E-state index in [1.54, 1.807) is 13.8 Å². The zero-order valence-electron chi connectivity index (χ0n) is 12.3. The molecule has 106 valence electrons. The van der Waals surface area contributed by atoms with Crippen LogP contribution in [0.25, 0.3) is 0 Å². The predicted octanol–water partition coefficient (Wildman–Crippen LogP) is 2.39. The van der Waals surface area contributed by atoms with Crippen molar-refractivity contribution in [2.45, 2.75) is 45.3 Å². The van der Waals surface area contributed by atoms with E-state index in [-0.39, 0.29) is 0 Å². The van der Waals surface area contributed by atoms with Gasteiger partial charge in [-0.2, -0.15) is 0 Å². The highest BCUT2D eigenvalue weighted by Crippen LogP contribution is 2.29. The third kappa shape index (κ3) is 3.82. The Morgan fingerprint density at radius 3 is 2.56 bits per heavy atom. The quantitative estimate of drug-likeness (QED) is 0.782. The average Bonchev–Trinajstić information content (AvgIpc) is 2.20. The molecule has 0 heterocycles. The van der Waals surface area contributed by atoms with Gasteiger partial charge in [0.25, 0.3) is 0 Å². The van der Waals surface area contributed by atoms with Crippen molar-refractivity contribution in [3.63, 3.8) is 0 Å². The minimum atomic E-state index is -3.01. The number of sulfone groups is 1. The summed E-state index contributed by atoms with van der Waals surface area (Å²) < 4.78 is 22.5. The maximum Gasteiger partial charge on any atom is 0.153 e. The summed E-state index contributed by atoms with van der Waals surface area (Å²) in [4.78, 5) is 0. The van der Waals surface area contributed by atoms with Crippen LogP contribution in [0, 0.1) is 11.8 Å². The summed E-state index contributed by atoms with van der Waals surface area (Å²) in [6.07, 6.45) is 6.04. The zero-order valence-corrected chi connectivity index (χ0v) is 13.1. The first-order valence-electron chi connectivity index (χ1n) is 6.72. The second-order valence-corrected chi connectivity index (χ2v) is 8.92. The van der Waals surface area contributed by atoms with Crippen LogP contribution in [0.1, 0.15) is 40.5 Å². The van der Waals surface area contributed by atoms with Crippen molar-refractivity contribution in [3.05, 3.63) is 11.6 Å². The molecule has 0 saturated heterocycles. The Bertz CT molecular complexity index is 410. The standard InChI is InChI=1S/C14H27NO2S/c1-11-7-6-8-12(2)13(11)9-15-10-14(3,4)18(5,16)17/h7,12-13,15H,6,8-10H2,1-5H3. The molecule has 1 aliphatic carbocycles. The molecule has 0 aromatic carbocycles. The summed E-state index contributed by atoms with van der Waals surface area (Å²) in [5.41, 5.74) is 1.44. The van der Waals surface area contributed by atoms with E-state index in [1.165, 1.54) is 24.7 Å². The van der Waals surface area contributed by atoms with Crippen molar-refractivity contribution in [3.8, 4) is 0 Å². The van der Waals surface area contributed by atoms with Crippen LogP contribution in [0.2, 0.25) is 0 Å². The lowest BCUT2D eigenvalue weighted by Gasteiger charge is -2.30. The molecule has 0 amide bonds. The largest absolute Gasteiger partial charge is 0.315 e. The van der Waals surface area contributed by atoms with Gasteiger partial charge in [-0.05, 0) is 45.4 Å². The third-order valence-electron chi connectivity index (χ3n) is 4.28. The number of allylic oxidation sites excluding steroid dienone is 1. The highest BCUT2D eigenvalue weighted by atomic mass is 32.2. The van der Waals surface area contributed by atoms with Crippen LogP contribution in [-0.4, -0.2) is 32.5 Å². The Balaban J connectivity index is 2.52. The average molecular weight is 273 g/mol. The number of hydrogen-bond acceptors (Lipinski definition) is 3. The van der Waals surface area contributed by atoms with Crippen LogP contribution < -0.4 is 5.32 Å². The van der Waals surface area contributed by atoms with Gasteiger partial charge in [-0.1, -0.05) is 18.6 Å². The third-order valence-corrected chi connectivity index (χ3v) is 6.43. The van der Waals surface area contributed by atoms with Gasteiger partial charge in [0.15, 0.2) is 9.84 Å². The molecule has 0 fully saturated rings. The first kappa shape index (κ1) is 15.7. The van der Waals surface area contributed by atoms with Crippen LogP contribution in [0.4, 0.5) is 0 Å². The van der Waals surface area contributed by atoms with Crippen molar-refractivity contribution in [1.82, 2.24) is 5.32 Å². The first-order valence-corrected chi connectivity index (χ1v) is 8.61. The lowest BCUT2D eigenvalue weighted by atomic mass is 9.80. The van der Waals surface area contributed by atoms with Gasteiger partial charge < -0.3 is 5.32 Å². The number of rotatable bonds is 5. The maximum absolute atomic E-state index is 11.6. The monoisotopic (exact) mass is 273 g/mol. The fourth-order valence-electron chi connectivity index (χ4n) is 2.40. The fourth-order valence-corrected chi connectivity index (χ4v) is 2.76. The van der Waals surface area contributed by atoms with Crippen LogP contribution in [0.3, 0.4) is 0 Å². The Labute approximate surface area is 112 Å². The van der Waals surface area contributed by atoms with E-state index in [0.29, 0.717) is 18.4 Å². The number of hydrogen-bond donors (Lipinski definition) is 1. The van der Waals surface area contributed by atoms with E-state index in [0.717, 1.165) is 6.54 Å². The lowest BCUT2D eigenvalue weighted by Crippen LogP contribution is -2.43. The molecule has 1 N–H and O–H groups in total. The molecule has 0 aliphatic heterocycles. The minimum absolute atomic E-state index is 0.516. The summed E-state index contributed by atoms with van der Waals surface area (Å²) in [5.74, 6) is 1.23. The molecule has 0 aromatic heterocycles. The molecule has 0 radical (unpaired) electrons. The van der Waals surface area contributed by atoms with E-state index in [2.05, 4.69) is 25.2 Å². The maximum atomic E-state index is 11.6. The SMILES string of the molecule is CC1=CCCC(C)C1CNCC(C)(C)S(C)(=O)=O. The van der Waals surface area contributed by atoms with E-state index in [1.807, 2.05) is 0 Å². The van der Waals surface area contributed by atoms with Gasteiger partial charge in [-0.25, -0.2) is 8.42 Å². The first-order chi connectivity index (χ1) is 8.15. The summed E-state index contributed by atoms with van der Waals surface area (Å²) in [7, 11) is -3.01. The fraction of sp³-hybridized carbons (Fsp3) is 0.857. The van der Waals surface area contributed by atoms with E-state index in [9.17, 15) is 8.42 Å². The molecule has 1 aliphatic rings. The van der Waals surface area contributed by atoms with Crippen LogP contribution in [0.15, 0.2) is 11.6 Å². The van der Waals surface area contributed by atoms with Gasteiger partial charge in [0, 0.05) is 19.3 Å². The Morgan fingerprint density at radius 2 is 2.06 bits per heavy atom. The molecule has 18 heavy (non-hydrogen) atoms. The van der Waals surface area contributed by atoms with Gasteiger partial charge >= 0.3 is 0 Å². The highest BCUT2D eigenvalue weighted by Gasteiger charge is 2.30. The number of nitrogens with one attached hydrogen (secondary N) is 1. The molecule has 1 rings (SSSR count). The van der Waals surface area contributed by atoms with Gasteiger partial charge in [-0.3, -0.25) is 0 Å². The lowest BCUT2D eigenvalue weighted by molar-refractivity contribution is 0.346. The molecule has 3 nitrogen and oxygen atoms in total. The van der Waals surface area contributed by atoms with E-state index in [4.69, 9.17) is 0 Å². The molecule has 0 aromatic rings. The topological polar surface area (TPSA) is 46.2 Å². The van der Waals surface area contributed by atoms with Crippen molar-refractivity contribution < 1.29 is 8.42 Å². The van der Waals surface area contributed by atoms with E-state index < -0.39 is 14.6 Å². The van der Waals surface area contributed by atoms with Crippen molar-refractivity contribution in [2.75, 3.05) is 19.3 Å². The van der Waals surface area contributed by atoms with Gasteiger partial charge in [0.05, 0.1) is 4.75 Å². The smallest absolute Gasteiger partial charge is 0.153 e. The second-order valence-electron chi connectivity index (χ2n) is 6.27. The van der Waals surface area contributed by atoms with Gasteiger partial charge in [-0.15, -0.1) is 0 Å². The molecule has 4 heteroatoms. The molecule has 0 bridgehead atoms. The van der Waals surface area contributed by atoms with Gasteiger partial charge in [0.1, 0.15) is 0 Å². The molecule has 2 atom stereocenters. The van der Waals surface area contributed by atoms with Crippen LogP contribution in [-0.2, 0) is 9.84 Å². The normalized spacial score (nSPS) is 25.9. The molecule has 2 unspecified atom stereocenters. The van der Waals surface area contributed by atoms with Crippen LogP contribution in [0.5, 0.6) is 0 Å². The molecule has 0 spiro atoms. The zero-order chi connectivity index (χ0) is 14.0. The van der Waals surface area contributed by atoms with E-state index >= 15 is 0 Å². The molecular weight excluding hydrogens is 246 g/mol. The summed E-state index contributed by atoms with van der Waals surface area (Å²) in [6, 6.07) is 0. The Morgan fingerprint density at radius 1 is 1.44 bits per heavy atom. The van der Waals surface area contributed by atoms with Crippen LogP contribution >= 0.6 is 0 Å².